The van der Waals surface area contributed by atoms with Gasteiger partial charge in [-0.2, -0.15) is 0 Å². The molecular weight excluding hydrogens is 400 g/mol. The fourth-order valence-corrected chi connectivity index (χ4v) is 9.18. The monoisotopic (exact) mass is 448 g/mol. The molecule has 0 amide bonds. The van der Waals surface area contributed by atoms with Gasteiger partial charge in [0.1, 0.15) is 0 Å². The van der Waals surface area contributed by atoms with E-state index in [4.69, 9.17) is 0 Å². The molecule has 4 nitrogen and oxygen atoms in total. The maximum absolute atomic E-state index is 12.3. The lowest BCUT2D eigenvalue weighted by atomic mass is 9.41. The van der Waals surface area contributed by atoms with Gasteiger partial charge < -0.3 is 20.4 Å². The highest BCUT2D eigenvalue weighted by molar-refractivity contribution is 5.19. The molecule has 0 aromatic carbocycles. The van der Waals surface area contributed by atoms with Crippen LogP contribution in [0, 0.1) is 46.3 Å². The Labute approximate surface area is 195 Å². The molecule has 0 aromatic rings. The first-order valence-corrected chi connectivity index (χ1v) is 13.4. The van der Waals surface area contributed by atoms with Gasteiger partial charge in [0, 0.05) is 5.41 Å². The molecule has 184 valence electrons. The van der Waals surface area contributed by atoms with Crippen molar-refractivity contribution < 1.29 is 20.4 Å². The molecule has 10 atom stereocenters. The quantitative estimate of drug-likeness (QED) is 0.444. The van der Waals surface area contributed by atoms with Crippen LogP contribution in [0.5, 0.6) is 0 Å². The summed E-state index contributed by atoms with van der Waals surface area (Å²) in [7, 11) is 0. The molecule has 3 unspecified atom stereocenters. The molecule has 0 radical (unpaired) electrons. The van der Waals surface area contributed by atoms with E-state index in [0.717, 1.165) is 19.3 Å². The van der Waals surface area contributed by atoms with Crippen LogP contribution in [-0.2, 0) is 0 Å². The fourth-order valence-electron chi connectivity index (χ4n) is 9.18. The molecule has 0 saturated heterocycles. The molecule has 4 fully saturated rings. The van der Waals surface area contributed by atoms with Crippen molar-refractivity contribution in [3.05, 3.63) is 12.2 Å². The summed E-state index contributed by atoms with van der Waals surface area (Å²) < 4.78 is 0. The Morgan fingerprint density at radius 2 is 1.69 bits per heavy atom. The molecule has 4 aliphatic carbocycles. The van der Waals surface area contributed by atoms with E-state index >= 15 is 0 Å². The largest absolute Gasteiger partial charge is 0.396 e. The van der Waals surface area contributed by atoms with Crippen molar-refractivity contribution in [1.29, 1.82) is 0 Å². The van der Waals surface area contributed by atoms with Crippen LogP contribution in [0.15, 0.2) is 12.2 Å². The minimum absolute atomic E-state index is 0.0396. The molecule has 32 heavy (non-hydrogen) atoms. The van der Waals surface area contributed by atoms with Crippen LogP contribution in [0.4, 0.5) is 0 Å². The van der Waals surface area contributed by atoms with Crippen LogP contribution in [0.1, 0.15) is 91.9 Å². The summed E-state index contributed by atoms with van der Waals surface area (Å²) in [6, 6.07) is 0. The number of hydrogen-bond donors (Lipinski definition) is 4. The minimum atomic E-state index is -0.931. The number of hydrogen-bond acceptors (Lipinski definition) is 4. The molecular formula is C28H48O4. The van der Waals surface area contributed by atoms with Gasteiger partial charge in [0.15, 0.2) is 0 Å². The average Bonchev–Trinajstić information content (AvgIpc) is 3.10. The van der Waals surface area contributed by atoms with Crippen LogP contribution in [0.2, 0.25) is 0 Å². The third-order valence-corrected chi connectivity index (χ3v) is 11.3. The van der Waals surface area contributed by atoms with Gasteiger partial charge in [-0.3, -0.25) is 0 Å². The summed E-state index contributed by atoms with van der Waals surface area (Å²) in [5, 5.41) is 44.4. The topological polar surface area (TPSA) is 80.9 Å². The zero-order valence-electron chi connectivity index (χ0n) is 20.9. The fraction of sp³-hybridized carbons (Fsp3) is 0.929. The van der Waals surface area contributed by atoms with E-state index < -0.39 is 23.2 Å². The van der Waals surface area contributed by atoms with Gasteiger partial charge in [-0.05, 0) is 105 Å². The Morgan fingerprint density at radius 1 is 0.969 bits per heavy atom. The van der Waals surface area contributed by atoms with Gasteiger partial charge in [0.2, 0.25) is 0 Å². The number of aliphatic hydroxyl groups is 4. The molecule has 0 aliphatic heterocycles. The molecule has 4 N–H and O–H groups in total. The third-order valence-electron chi connectivity index (χ3n) is 11.3. The zero-order chi connectivity index (χ0) is 23.5. The molecule has 0 heterocycles. The van der Waals surface area contributed by atoms with E-state index in [1.807, 2.05) is 0 Å². The van der Waals surface area contributed by atoms with Crippen LogP contribution in [-0.4, -0.2) is 44.8 Å². The Balaban J connectivity index is 1.58. The van der Waals surface area contributed by atoms with Gasteiger partial charge in [0.25, 0.3) is 0 Å². The van der Waals surface area contributed by atoms with E-state index in [1.54, 1.807) is 0 Å². The van der Waals surface area contributed by atoms with Gasteiger partial charge in [-0.15, -0.1) is 0 Å². The van der Waals surface area contributed by atoms with Crippen LogP contribution in [0.25, 0.3) is 0 Å². The predicted molar refractivity (Wildman–Crippen MR) is 128 cm³/mol. The second kappa shape index (κ2) is 8.66. The van der Waals surface area contributed by atoms with Crippen molar-refractivity contribution in [2.75, 3.05) is 6.61 Å². The molecule has 0 aromatic heterocycles. The zero-order valence-corrected chi connectivity index (χ0v) is 20.9. The highest BCUT2D eigenvalue weighted by Crippen LogP contribution is 2.69. The summed E-state index contributed by atoms with van der Waals surface area (Å²) in [5.74, 6) is 2.04. The van der Waals surface area contributed by atoms with E-state index in [9.17, 15) is 20.4 Å². The second-order valence-corrected chi connectivity index (χ2v) is 12.8. The predicted octanol–water partition coefficient (Wildman–Crippen LogP) is 4.69. The van der Waals surface area contributed by atoms with Gasteiger partial charge >= 0.3 is 0 Å². The smallest absolute Gasteiger partial charge is 0.0761 e. The normalized spacial score (nSPS) is 49.3. The Bertz CT molecular complexity index is 706. The number of aliphatic hydroxyl groups excluding tert-OH is 3. The number of fused-ring (bicyclic) bond motifs is 5. The second-order valence-electron chi connectivity index (χ2n) is 12.8. The van der Waals surface area contributed by atoms with E-state index in [2.05, 4.69) is 34.3 Å². The van der Waals surface area contributed by atoms with Crippen LogP contribution in [0.3, 0.4) is 0 Å². The summed E-state index contributed by atoms with van der Waals surface area (Å²) in [6.07, 6.45) is 7.67. The first kappa shape index (κ1) is 24.7. The standard InChI is InChI=1S/C28H48O4/c1-17(2)18(3)6-7-19(4)21-8-9-22-23-15-25(31)24-14-20(30)10-11-27(24,16-29)28(23,32)13-12-26(21,22)5/h17,19-25,29-32H,3,6-16H2,1-2,4-5H3/t19-,20+,21-,22?,23?,24?,25-,26-,27-,28-/m1/s1. The lowest BCUT2D eigenvalue weighted by Gasteiger charge is -2.66. The van der Waals surface area contributed by atoms with Crippen LogP contribution >= 0.6 is 0 Å². The maximum atomic E-state index is 12.3. The first-order chi connectivity index (χ1) is 15.0. The molecule has 4 heteroatoms. The summed E-state index contributed by atoms with van der Waals surface area (Å²) in [6.45, 7) is 13.5. The lowest BCUT2D eigenvalue weighted by molar-refractivity contribution is -0.280. The molecule has 0 spiro atoms. The van der Waals surface area contributed by atoms with E-state index in [0.29, 0.717) is 55.8 Å². The third kappa shape index (κ3) is 3.54. The molecule has 4 aliphatic rings. The summed E-state index contributed by atoms with van der Waals surface area (Å²) in [4.78, 5) is 0. The van der Waals surface area contributed by atoms with Crippen molar-refractivity contribution in [2.45, 2.75) is 110 Å². The molecule has 4 saturated carbocycles. The van der Waals surface area contributed by atoms with Crippen molar-refractivity contribution in [1.82, 2.24) is 0 Å². The maximum Gasteiger partial charge on any atom is 0.0761 e. The lowest BCUT2D eigenvalue weighted by Crippen LogP contribution is -2.70. The summed E-state index contributed by atoms with van der Waals surface area (Å²) in [5.41, 5.74) is -0.0676. The molecule has 0 bridgehead atoms. The van der Waals surface area contributed by atoms with Gasteiger partial charge in [-0.25, -0.2) is 0 Å². The van der Waals surface area contributed by atoms with Crippen molar-refractivity contribution in [2.24, 2.45) is 46.3 Å². The Morgan fingerprint density at radius 3 is 2.34 bits per heavy atom. The Hall–Kier alpha value is -0.420. The number of rotatable bonds is 6. The number of allylic oxidation sites excluding steroid dienone is 1. The van der Waals surface area contributed by atoms with Crippen molar-refractivity contribution in [3.8, 4) is 0 Å². The van der Waals surface area contributed by atoms with Crippen LogP contribution < -0.4 is 0 Å². The van der Waals surface area contributed by atoms with Crippen molar-refractivity contribution >= 4 is 0 Å². The summed E-state index contributed by atoms with van der Waals surface area (Å²) >= 11 is 0. The van der Waals surface area contributed by atoms with Gasteiger partial charge in [-0.1, -0.05) is 39.8 Å². The average molecular weight is 449 g/mol. The first-order valence-electron chi connectivity index (χ1n) is 13.4. The minimum Gasteiger partial charge on any atom is -0.396 e. The highest BCUT2D eigenvalue weighted by Gasteiger charge is 2.70. The van der Waals surface area contributed by atoms with Gasteiger partial charge in [0.05, 0.1) is 24.4 Å². The van der Waals surface area contributed by atoms with E-state index in [-0.39, 0.29) is 23.9 Å². The van der Waals surface area contributed by atoms with Crippen molar-refractivity contribution in [3.63, 3.8) is 0 Å². The molecule has 4 rings (SSSR count). The SMILES string of the molecule is C=C(CC[C@@H](C)[C@H]1CCC2C3C[C@@H](O)C4C[C@@H](O)CC[C@]4(CO)[C@@]3(O)CC[C@@]21C)C(C)C. The van der Waals surface area contributed by atoms with E-state index in [1.165, 1.54) is 18.4 Å². The highest BCUT2D eigenvalue weighted by atomic mass is 16.3. The Kier molecular flexibility index (Phi) is 6.68.